The molecular formula is C8H15NO2. The molecule has 0 unspecified atom stereocenters. The van der Waals surface area contributed by atoms with Gasteiger partial charge in [0.1, 0.15) is 0 Å². The Morgan fingerprint density at radius 2 is 1.91 bits per heavy atom. The number of amides is 1. The summed E-state index contributed by atoms with van der Waals surface area (Å²) < 4.78 is 0. The van der Waals surface area contributed by atoms with Crippen LogP contribution in [0.2, 0.25) is 0 Å². The normalized spacial score (nSPS) is 19.8. The van der Waals surface area contributed by atoms with Crippen molar-refractivity contribution in [2.24, 2.45) is 5.92 Å². The maximum Gasteiger partial charge on any atom is 0.248 e. The second-order valence-corrected chi connectivity index (χ2v) is 3.20. The lowest BCUT2D eigenvalue weighted by atomic mass is 9.89. The summed E-state index contributed by atoms with van der Waals surface area (Å²) in [7, 11) is 1.40. The van der Waals surface area contributed by atoms with Crippen molar-refractivity contribution in [3.63, 3.8) is 0 Å². The molecule has 1 N–H and O–H groups in total. The van der Waals surface area contributed by atoms with Gasteiger partial charge >= 0.3 is 0 Å². The summed E-state index contributed by atoms with van der Waals surface area (Å²) in [5, 5.41) is 9.58. The molecule has 0 aromatic carbocycles. The molecule has 1 aliphatic rings. The maximum atomic E-state index is 11.2. The highest BCUT2D eigenvalue weighted by Crippen LogP contribution is 2.24. The molecule has 11 heavy (non-hydrogen) atoms. The molecule has 1 fully saturated rings. The standard InChI is InChI=1S/C8H15NO2/c1-9(11)8(10)7-5-3-2-4-6-7/h7,11H,2-6H2,1H3. The van der Waals surface area contributed by atoms with Crippen LogP contribution in [-0.4, -0.2) is 23.2 Å². The van der Waals surface area contributed by atoms with Gasteiger partial charge in [0, 0.05) is 13.0 Å². The van der Waals surface area contributed by atoms with E-state index in [0.717, 1.165) is 30.7 Å². The first-order chi connectivity index (χ1) is 5.22. The van der Waals surface area contributed by atoms with E-state index >= 15 is 0 Å². The molecule has 1 saturated carbocycles. The second kappa shape index (κ2) is 3.72. The van der Waals surface area contributed by atoms with E-state index in [2.05, 4.69) is 0 Å². The maximum absolute atomic E-state index is 11.2. The van der Waals surface area contributed by atoms with E-state index in [-0.39, 0.29) is 11.8 Å². The van der Waals surface area contributed by atoms with Crippen LogP contribution in [0.15, 0.2) is 0 Å². The third kappa shape index (κ3) is 2.19. The molecule has 64 valence electrons. The van der Waals surface area contributed by atoms with Crippen molar-refractivity contribution in [1.29, 1.82) is 0 Å². The Morgan fingerprint density at radius 3 is 2.36 bits per heavy atom. The fourth-order valence-electron chi connectivity index (χ4n) is 1.61. The van der Waals surface area contributed by atoms with Crippen molar-refractivity contribution >= 4 is 5.91 Å². The highest BCUT2D eigenvalue weighted by atomic mass is 16.5. The fourth-order valence-corrected chi connectivity index (χ4v) is 1.61. The van der Waals surface area contributed by atoms with Crippen LogP contribution in [-0.2, 0) is 4.79 Å². The van der Waals surface area contributed by atoms with Crippen LogP contribution in [0.1, 0.15) is 32.1 Å². The zero-order valence-electron chi connectivity index (χ0n) is 6.92. The number of carbonyl (C=O) groups excluding carboxylic acids is 1. The number of carbonyl (C=O) groups is 1. The van der Waals surface area contributed by atoms with Crippen LogP contribution >= 0.6 is 0 Å². The van der Waals surface area contributed by atoms with Crippen LogP contribution in [0.25, 0.3) is 0 Å². The summed E-state index contributed by atoms with van der Waals surface area (Å²) in [6.07, 6.45) is 5.39. The van der Waals surface area contributed by atoms with Crippen LogP contribution in [0.4, 0.5) is 0 Å². The van der Waals surface area contributed by atoms with Crippen molar-refractivity contribution in [1.82, 2.24) is 5.06 Å². The molecule has 0 saturated heterocycles. The van der Waals surface area contributed by atoms with E-state index in [1.54, 1.807) is 0 Å². The predicted octanol–water partition coefficient (Wildman–Crippen LogP) is 1.41. The molecule has 0 heterocycles. The summed E-state index contributed by atoms with van der Waals surface area (Å²) in [6.45, 7) is 0. The van der Waals surface area contributed by atoms with E-state index < -0.39 is 0 Å². The third-order valence-corrected chi connectivity index (χ3v) is 2.27. The first-order valence-electron chi connectivity index (χ1n) is 4.18. The highest BCUT2D eigenvalue weighted by molar-refractivity contribution is 5.77. The number of hydrogen-bond donors (Lipinski definition) is 1. The van der Waals surface area contributed by atoms with E-state index in [1.165, 1.54) is 13.5 Å². The number of hydrogen-bond acceptors (Lipinski definition) is 2. The van der Waals surface area contributed by atoms with Crippen LogP contribution in [0.3, 0.4) is 0 Å². The third-order valence-electron chi connectivity index (χ3n) is 2.27. The second-order valence-electron chi connectivity index (χ2n) is 3.20. The van der Waals surface area contributed by atoms with E-state index in [4.69, 9.17) is 5.21 Å². The molecular weight excluding hydrogens is 142 g/mol. The molecule has 3 heteroatoms. The minimum Gasteiger partial charge on any atom is -0.286 e. The molecule has 3 nitrogen and oxygen atoms in total. The van der Waals surface area contributed by atoms with Crippen molar-refractivity contribution in [2.75, 3.05) is 7.05 Å². The van der Waals surface area contributed by atoms with Crippen LogP contribution in [0, 0.1) is 5.92 Å². The molecule has 0 radical (unpaired) electrons. The Balaban J connectivity index is 2.39. The number of rotatable bonds is 1. The molecule has 0 atom stereocenters. The number of nitrogens with zero attached hydrogens (tertiary/aromatic N) is 1. The minimum atomic E-state index is -0.121. The smallest absolute Gasteiger partial charge is 0.248 e. The van der Waals surface area contributed by atoms with E-state index in [0.29, 0.717) is 0 Å². The van der Waals surface area contributed by atoms with Crippen molar-refractivity contribution in [3.05, 3.63) is 0 Å². The van der Waals surface area contributed by atoms with Crippen molar-refractivity contribution in [3.8, 4) is 0 Å². The summed E-state index contributed by atoms with van der Waals surface area (Å²) in [5.74, 6) is -0.0385. The van der Waals surface area contributed by atoms with Gasteiger partial charge in [-0.25, -0.2) is 5.06 Å². The lowest BCUT2D eigenvalue weighted by molar-refractivity contribution is -0.165. The van der Waals surface area contributed by atoms with Gasteiger partial charge in [-0.3, -0.25) is 10.0 Å². The average molecular weight is 157 g/mol. The van der Waals surface area contributed by atoms with Crippen LogP contribution < -0.4 is 0 Å². The SMILES string of the molecule is CN(O)C(=O)C1CCCCC1. The van der Waals surface area contributed by atoms with Crippen molar-refractivity contribution < 1.29 is 10.0 Å². The average Bonchev–Trinajstić information content (AvgIpc) is 2.05. The van der Waals surface area contributed by atoms with Gasteiger partial charge in [0.25, 0.3) is 0 Å². The topological polar surface area (TPSA) is 40.5 Å². The summed E-state index contributed by atoms with van der Waals surface area (Å²) >= 11 is 0. The predicted molar refractivity (Wildman–Crippen MR) is 41.1 cm³/mol. The Hall–Kier alpha value is -0.570. The summed E-state index contributed by atoms with van der Waals surface area (Å²) in [4.78, 5) is 11.2. The monoisotopic (exact) mass is 157 g/mol. The van der Waals surface area contributed by atoms with Gasteiger partial charge in [-0.15, -0.1) is 0 Å². The lowest BCUT2D eigenvalue weighted by Crippen LogP contribution is -2.31. The van der Waals surface area contributed by atoms with E-state index in [9.17, 15) is 4.79 Å². The van der Waals surface area contributed by atoms with Gasteiger partial charge < -0.3 is 0 Å². The highest BCUT2D eigenvalue weighted by Gasteiger charge is 2.22. The molecule has 0 spiro atoms. The molecule has 0 aromatic heterocycles. The van der Waals surface area contributed by atoms with Gasteiger partial charge in [-0.1, -0.05) is 19.3 Å². The molecule has 1 amide bonds. The zero-order valence-corrected chi connectivity index (χ0v) is 6.92. The summed E-state index contributed by atoms with van der Waals surface area (Å²) in [5.41, 5.74) is 0. The number of hydroxylamine groups is 2. The molecule has 0 aliphatic heterocycles. The van der Waals surface area contributed by atoms with Crippen LogP contribution in [0.5, 0.6) is 0 Å². The Labute approximate surface area is 67.0 Å². The largest absolute Gasteiger partial charge is 0.286 e. The van der Waals surface area contributed by atoms with Crippen molar-refractivity contribution in [2.45, 2.75) is 32.1 Å². The molecule has 1 aliphatic carbocycles. The van der Waals surface area contributed by atoms with Gasteiger partial charge in [-0.2, -0.15) is 0 Å². The molecule has 0 bridgehead atoms. The minimum absolute atomic E-state index is 0.0822. The Bertz CT molecular complexity index is 139. The zero-order chi connectivity index (χ0) is 8.27. The molecule has 1 rings (SSSR count). The molecule has 0 aromatic rings. The first-order valence-corrected chi connectivity index (χ1v) is 4.18. The van der Waals surface area contributed by atoms with E-state index in [1.807, 2.05) is 0 Å². The lowest BCUT2D eigenvalue weighted by Gasteiger charge is -2.22. The van der Waals surface area contributed by atoms with Gasteiger partial charge in [-0.05, 0) is 12.8 Å². The van der Waals surface area contributed by atoms with Gasteiger partial charge in [0.15, 0.2) is 0 Å². The fraction of sp³-hybridized carbons (Fsp3) is 0.875. The Kier molecular flexibility index (Phi) is 2.88. The quantitative estimate of drug-likeness (QED) is 0.462. The van der Waals surface area contributed by atoms with Gasteiger partial charge in [0.05, 0.1) is 0 Å². The first kappa shape index (κ1) is 8.53. The Morgan fingerprint density at radius 1 is 1.36 bits per heavy atom. The summed E-state index contributed by atoms with van der Waals surface area (Å²) in [6, 6.07) is 0. The van der Waals surface area contributed by atoms with Gasteiger partial charge in [0.2, 0.25) is 5.91 Å².